The van der Waals surface area contributed by atoms with E-state index in [0.717, 1.165) is 13.0 Å². The van der Waals surface area contributed by atoms with Crippen molar-refractivity contribution >= 4 is 15.9 Å². The third-order valence-electron chi connectivity index (χ3n) is 2.92. The highest BCUT2D eigenvalue weighted by molar-refractivity contribution is 9.10. The van der Waals surface area contributed by atoms with Crippen LogP contribution in [-0.4, -0.2) is 6.54 Å². The number of hydrogen-bond acceptors (Lipinski definition) is 1. The number of aryl methyl sites for hydroxylation is 1. The normalized spacial score (nSPS) is 18.9. The molecule has 1 aliphatic carbocycles. The number of halogens is 1. The van der Waals surface area contributed by atoms with Crippen LogP contribution in [0.25, 0.3) is 0 Å². The molecule has 15 heavy (non-hydrogen) atoms. The summed E-state index contributed by atoms with van der Waals surface area (Å²) < 4.78 is 1.19. The van der Waals surface area contributed by atoms with E-state index in [1.807, 2.05) is 6.08 Å². The molecule has 1 aromatic rings. The molecular formula is C13H16BrN. The van der Waals surface area contributed by atoms with Crippen LogP contribution in [0.4, 0.5) is 0 Å². The lowest BCUT2D eigenvalue weighted by Crippen LogP contribution is -2.19. The molecule has 2 heteroatoms. The zero-order chi connectivity index (χ0) is 10.7. The van der Waals surface area contributed by atoms with E-state index in [4.69, 9.17) is 0 Å². The molecule has 0 aromatic heterocycles. The third kappa shape index (κ3) is 2.50. The van der Waals surface area contributed by atoms with Gasteiger partial charge < -0.3 is 5.32 Å². The second kappa shape index (κ2) is 4.95. The number of benzene rings is 1. The van der Waals surface area contributed by atoms with E-state index >= 15 is 0 Å². The molecule has 1 nitrogen and oxygen atoms in total. The molecule has 0 spiro atoms. The van der Waals surface area contributed by atoms with Crippen molar-refractivity contribution in [2.24, 2.45) is 0 Å². The maximum atomic E-state index is 3.73. The Morgan fingerprint density at radius 3 is 3.20 bits per heavy atom. The van der Waals surface area contributed by atoms with Gasteiger partial charge in [0.1, 0.15) is 0 Å². The number of rotatable bonds is 4. The summed E-state index contributed by atoms with van der Waals surface area (Å²) in [6.45, 7) is 4.77. The quantitative estimate of drug-likeness (QED) is 0.648. The molecule has 1 aliphatic rings. The van der Waals surface area contributed by atoms with Crippen molar-refractivity contribution in [1.82, 2.24) is 5.32 Å². The molecule has 1 N–H and O–H groups in total. The number of fused-ring (bicyclic) bond motifs is 1. The SMILES string of the molecule is C=CCCNC1CCc2cc(Br)ccc21. The summed E-state index contributed by atoms with van der Waals surface area (Å²) in [4.78, 5) is 0. The molecule has 1 atom stereocenters. The molecule has 0 saturated carbocycles. The minimum atomic E-state index is 0.549. The van der Waals surface area contributed by atoms with Crippen molar-refractivity contribution in [3.05, 3.63) is 46.5 Å². The van der Waals surface area contributed by atoms with Crippen LogP contribution in [0.3, 0.4) is 0 Å². The Bertz CT molecular complexity index is 360. The maximum Gasteiger partial charge on any atom is 0.0326 e. The van der Waals surface area contributed by atoms with Gasteiger partial charge in [-0.1, -0.05) is 28.1 Å². The lowest BCUT2D eigenvalue weighted by atomic mass is 10.1. The van der Waals surface area contributed by atoms with E-state index < -0.39 is 0 Å². The van der Waals surface area contributed by atoms with Crippen LogP contribution >= 0.6 is 15.9 Å². The molecule has 0 heterocycles. The van der Waals surface area contributed by atoms with E-state index in [2.05, 4.69) is 46.0 Å². The number of nitrogens with one attached hydrogen (secondary N) is 1. The fraction of sp³-hybridized carbons (Fsp3) is 0.385. The van der Waals surface area contributed by atoms with Crippen LogP contribution in [0.5, 0.6) is 0 Å². The smallest absolute Gasteiger partial charge is 0.0326 e. The van der Waals surface area contributed by atoms with Crippen LogP contribution in [0.2, 0.25) is 0 Å². The molecule has 0 amide bonds. The Morgan fingerprint density at radius 2 is 2.40 bits per heavy atom. The standard InChI is InChI=1S/C13H16BrN/c1-2-3-8-15-13-7-4-10-9-11(14)5-6-12(10)13/h2,5-6,9,13,15H,1,3-4,7-8H2. The largest absolute Gasteiger partial charge is 0.310 e. The molecule has 2 rings (SSSR count). The predicted octanol–water partition coefficient (Wildman–Crippen LogP) is 3.60. The fourth-order valence-electron chi connectivity index (χ4n) is 2.16. The first kappa shape index (κ1) is 10.9. The van der Waals surface area contributed by atoms with Crippen LogP contribution in [-0.2, 0) is 6.42 Å². The Kier molecular flexibility index (Phi) is 3.60. The van der Waals surface area contributed by atoms with Crippen molar-refractivity contribution in [3.8, 4) is 0 Å². The molecule has 1 unspecified atom stereocenters. The zero-order valence-corrected chi connectivity index (χ0v) is 10.4. The summed E-state index contributed by atoms with van der Waals surface area (Å²) >= 11 is 3.51. The van der Waals surface area contributed by atoms with Crippen LogP contribution in [0.15, 0.2) is 35.3 Å². The van der Waals surface area contributed by atoms with Crippen molar-refractivity contribution in [3.63, 3.8) is 0 Å². The molecule has 0 bridgehead atoms. The van der Waals surface area contributed by atoms with Crippen LogP contribution in [0.1, 0.15) is 30.0 Å². The minimum absolute atomic E-state index is 0.549. The first-order valence-electron chi connectivity index (χ1n) is 5.44. The molecule has 0 saturated heterocycles. The first-order valence-corrected chi connectivity index (χ1v) is 6.23. The molecule has 0 radical (unpaired) electrons. The van der Waals surface area contributed by atoms with Gasteiger partial charge in [-0.15, -0.1) is 6.58 Å². The van der Waals surface area contributed by atoms with Gasteiger partial charge >= 0.3 is 0 Å². The van der Waals surface area contributed by atoms with E-state index in [-0.39, 0.29) is 0 Å². The molecule has 1 aromatic carbocycles. The van der Waals surface area contributed by atoms with Crippen molar-refractivity contribution < 1.29 is 0 Å². The van der Waals surface area contributed by atoms with Crippen molar-refractivity contribution in [2.75, 3.05) is 6.54 Å². The second-order valence-electron chi connectivity index (χ2n) is 3.97. The van der Waals surface area contributed by atoms with Gasteiger partial charge in [0.25, 0.3) is 0 Å². The van der Waals surface area contributed by atoms with Crippen LogP contribution < -0.4 is 5.32 Å². The summed E-state index contributed by atoms with van der Waals surface area (Å²) in [5.74, 6) is 0. The topological polar surface area (TPSA) is 12.0 Å². The summed E-state index contributed by atoms with van der Waals surface area (Å²) in [6, 6.07) is 7.16. The lowest BCUT2D eigenvalue weighted by molar-refractivity contribution is 0.537. The molecule has 80 valence electrons. The summed E-state index contributed by atoms with van der Waals surface area (Å²) in [7, 11) is 0. The van der Waals surface area contributed by atoms with E-state index in [9.17, 15) is 0 Å². The number of hydrogen-bond donors (Lipinski definition) is 1. The van der Waals surface area contributed by atoms with Gasteiger partial charge in [-0.25, -0.2) is 0 Å². The van der Waals surface area contributed by atoms with Gasteiger partial charge in [-0.2, -0.15) is 0 Å². The van der Waals surface area contributed by atoms with Crippen LogP contribution in [0, 0.1) is 0 Å². The Balaban J connectivity index is 2.04. The van der Waals surface area contributed by atoms with Crippen molar-refractivity contribution in [1.29, 1.82) is 0 Å². The first-order chi connectivity index (χ1) is 7.31. The van der Waals surface area contributed by atoms with Gasteiger partial charge in [0.2, 0.25) is 0 Å². The second-order valence-corrected chi connectivity index (χ2v) is 4.88. The summed E-state index contributed by atoms with van der Waals surface area (Å²) in [5, 5.41) is 3.57. The van der Waals surface area contributed by atoms with Gasteiger partial charge in [-0.05, 0) is 49.1 Å². The Morgan fingerprint density at radius 1 is 1.53 bits per heavy atom. The highest BCUT2D eigenvalue weighted by Crippen LogP contribution is 2.32. The highest BCUT2D eigenvalue weighted by atomic mass is 79.9. The Hall–Kier alpha value is -0.600. The summed E-state index contributed by atoms with van der Waals surface area (Å²) in [6.07, 6.45) is 5.43. The van der Waals surface area contributed by atoms with Gasteiger partial charge in [0.05, 0.1) is 0 Å². The van der Waals surface area contributed by atoms with E-state index in [1.165, 1.54) is 28.4 Å². The van der Waals surface area contributed by atoms with Gasteiger partial charge in [0, 0.05) is 10.5 Å². The third-order valence-corrected chi connectivity index (χ3v) is 3.42. The van der Waals surface area contributed by atoms with Gasteiger partial charge in [-0.3, -0.25) is 0 Å². The average Bonchev–Trinajstić information content (AvgIpc) is 2.61. The predicted molar refractivity (Wildman–Crippen MR) is 68.0 cm³/mol. The average molecular weight is 266 g/mol. The van der Waals surface area contributed by atoms with Crippen molar-refractivity contribution in [2.45, 2.75) is 25.3 Å². The minimum Gasteiger partial charge on any atom is -0.310 e. The summed E-state index contributed by atoms with van der Waals surface area (Å²) in [5.41, 5.74) is 2.96. The molecular weight excluding hydrogens is 250 g/mol. The monoisotopic (exact) mass is 265 g/mol. The highest BCUT2D eigenvalue weighted by Gasteiger charge is 2.21. The van der Waals surface area contributed by atoms with Gasteiger partial charge in [0.15, 0.2) is 0 Å². The Labute approximate surface area is 99.7 Å². The zero-order valence-electron chi connectivity index (χ0n) is 8.80. The van der Waals surface area contributed by atoms with E-state index in [1.54, 1.807) is 0 Å². The fourth-order valence-corrected chi connectivity index (χ4v) is 2.57. The molecule has 0 aliphatic heterocycles. The lowest BCUT2D eigenvalue weighted by Gasteiger charge is -2.13. The maximum absolute atomic E-state index is 3.73. The molecule has 0 fully saturated rings. The van der Waals surface area contributed by atoms with E-state index in [0.29, 0.717) is 6.04 Å².